The Balaban J connectivity index is 4.37. The van der Waals surface area contributed by atoms with Crippen LogP contribution in [0.25, 0.3) is 0 Å². The van der Waals surface area contributed by atoms with E-state index < -0.39 is 5.72 Å². The van der Waals surface area contributed by atoms with E-state index in [0.29, 0.717) is 6.42 Å². The largest absolute Gasteiger partial charge is 0.392 e. The molecule has 86 valence electrons. The molecule has 0 fully saturated rings. The van der Waals surface area contributed by atoms with Crippen molar-refractivity contribution < 1.29 is 10.2 Å². The lowest BCUT2D eigenvalue weighted by Crippen LogP contribution is -2.52. The maximum atomic E-state index is 10.2. The number of hydrogen-bond acceptors (Lipinski definition) is 3. The number of aliphatic hydroxyl groups excluding tert-OH is 1. The highest BCUT2D eigenvalue weighted by atomic mass is 16.3. The zero-order valence-electron chi connectivity index (χ0n) is 9.79. The van der Waals surface area contributed by atoms with Crippen LogP contribution in [0.2, 0.25) is 0 Å². The average Bonchev–Trinajstić information content (AvgIpc) is 2.18. The van der Waals surface area contributed by atoms with Gasteiger partial charge in [-0.2, -0.15) is 0 Å². The molecule has 2 N–H and O–H groups in total. The first-order valence-electron chi connectivity index (χ1n) is 5.72. The molecular formula is C11H25NO2. The lowest BCUT2D eigenvalue weighted by atomic mass is 10.1. The summed E-state index contributed by atoms with van der Waals surface area (Å²) in [7, 11) is 0. The second kappa shape index (κ2) is 7.21. The van der Waals surface area contributed by atoms with Crippen molar-refractivity contribution in [3.63, 3.8) is 0 Å². The van der Waals surface area contributed by atoms with Crippen LogP contribution in [0.3, 0.4) is 0 Å². The molecule has 0 saturated heterocycles. The molecule has 0 saturated carbocycles. The van der Waals surface area contributed by atoms with Crippen LogP contribution < -0.4 is 0 Å². The maximum Gasteiger partial charge on any atom is 0.141 e. The Morgan fingerprint density at radius 2 is 1.50 bits per heavy atom. The van der Waals surface area contributed by atoms with E-state index in [2.05, 4.69) is 13.8 Å². The maximum absolute atomic E-state index is 10.2. The summed E-state index contributed by atoms with van der Waals surface area (Å²) in [5, 5.41) is 19.5. The molecule has 0 aliphatic rings. The molecule has 0 heterocycles. The van der Waals surface area contributed by atoms with E-state index in [1.807, 2.05) is 11.8 Å². The third kappa shape index (κ3) is 3.95. The predicted octanol–water partition coefficient (Wildman–Crippen LogP) is 1.59. The lowest BCUT2D eigenvalue weighted by molar-refractivity contribution is -0.144. The highest BCUT2D eigenvalue weighted by Gasteiger charge is 2.31. The van der Waals surface area contributed by atoms with Crippen LogP contribution in [0.1, 0.15) is 46.5 Å². The summed E-state index contributed by atoms with van der Waals surface area (Å²) in [6, 6.07) is 0. The van der Waals surface area contributed by atoms with E-state index in [1.54, 1.807) is 0 Å². The Morgan fingerprint density at radius 1 is 1.00 bits per heavy atom. The van der Waals surface area contributed by atoms with Crippen LogP contribution in [0.5, 0.6) is 0 Å². The first-order chi connectivity index (χ1) is 6.64. The summed E-state index contributed by atoms with van der Waals surface area (Å²) in [6.07, 6.45) is 3.54. The minimum atomic E-state index is -0.999. The van der Waals surface area contributed by atoms with Gasteiger partial charge >= 0.3 is 0 Å². The average molecular weight is 203 g/mol. The van der Waals surface area contributed by atoms with Crippen molar-refractivity contribution in [3.05, 3.63) is 0 Å². The topological polar surface area (TPSA) is 43.7 Å². The van der Waals surface area contributed by atoms with Crippen molar-refractivity contribution >= 4 is 0 Å². The van der Waals surface area contributed by atoms with Gasteiger partial charge in [-0.25, -0.2) is 0 Å². The molecule has 0 spiro atoms. The van der Waals surface area contributed by atoms with Crippen LogP contribution in [-0.4, -0.2) is 40.5 Å². The third-order valence-corrected chi connectivity index (χ3v) is 2.48. The smallest absolute Gasteiger partial charge is 0.141 e. The molecule has 0 rings (SSSR count). The van der Waals surface area contributed by atoms with Gasteiger partial charge in [0, 0.05) is 13.1 Å². The summed E-state index contributed by atoms with van der Waals surface area (Å²) in [5.74, 6) is 0. The molecule has 0 amide bonds. The molecule has 3 nitrogen and oxygen atoms in total. The minimum absolute atomic E-state index is 0.166. The van der Waals surface area contributed by atoms with Crippen LogP contribution >= 0.6 is 0 Å². The Kier molecular flexibility index (Phi) is 7.15. The zero-order valence-corrected chi connectivity index (χ0v) is 9.79. The molecule has 0 aliphatic carbocycles. The standard InChI is InChI=1S/C11H25NO2/c1-4-7-11(14,10-13)12(8-5-2)9-6-3/h13-14H,4-10H2,1-3H3. The van der Waals surface area contributed by atoms with E-state index in [9.17, 15) is 10.2 Å². The fraction of sp³-hybridized carbons (Fsp3) is 1.00. The zero-order chi connectivity index (χ0) is 11.0. The molecule has 0 bridgehead atoms. The van der Waals surface area contributed by atoms with E-state index in [4.69, 9.17) is 0 Å². The third-order valence-electron chi connectivity index (χ3n) is 2.48. The number of aliphatic hydroxyl groups is 2. The van der Waals surface area contributed by atoms with Crippen LogP contribution in [0.15, 0.2) is 0 Å². The van der Waals surface area contributed by atoms with Crippen LogP contribution in [0.4, 0.5) is 0 Å². The van der Waals surface area contributed by atoms with E-state index >= 15 is 0 Å². The van der Waals surface area contributed by atoms with Crippen molar-refractivity contribution in [1.29, 1.82) is 0 Å². The van der Waals surface area contributed by atoms with Gasteiger partial charge in [-0.15, -0.1) is 0 Å². The second-order valence-electron chi connectivity index (χ2n) is 3.88. The van der Waals surface area contributed by atoms with Gasteiger partial charge in [-0.05, 0) is 19.3 Å². The van der Waals surface area contributed by atoms with Crippen LogP contribution in [-0.2, 0) is 0 Å². The van der Waals surface area contributed by atoms with E-state index in [0.717, 1.165) is 32.4 Å². The minimum Gasteiger partial charge on any atom is -0.392 e. The van der Waals surface area contributed by atoms with Gasteiger partial charge in [0.15, 0.2) is 0 Å². The van der Waals surface area contributed by atoms with E-state index in [-0.39, 0.29) is 6.61 Å². The summed E-state index contributed by atoms with van der Waals surface area (Å²) < 4.78 is 0. The molecule has 0 aliphatic heterocycles. The van der Waals surface area contributed by atoms with Gasteiger partial charge in [0.1, 0.15) is 5.72 Å². The highest BCUT2D eigenvalue weighted by molar-refractivity contribution is 4.78. The molecule has 0 aromatic rings. The summed E-state index contributed by atoms with van der Waals surface area (Å²) >= 11 is 0. The van der Waals surface area contributed by atoms with Gasteiger partial charge in [-0.1, -0.05) is 27.2 Å². The Morgan fingerprint density at radius 3 is 1.79 bits per heavy atom. The summed E-state index contributed by atoms with van der Waals surface area (Å²) in [4.78, 5) is 2.00. The number of rotatable bonds is 8. The molecule has 1 atom stereocenters. The van der Waals surface area contributed by atoms with E-state index in [1.165, 1.54) is 0 Å². The monoisotopic (exact) mass is 203 g/mol. The summed E-state index contributed by atoms with van der Waals surface area (Å²) in [5.41, 5.74) is -0.999. The number of hydrogen-bond donors (Lipinski definition) is 2. The Labute approximate surface area is 87.7 Å². The summed E-state index contributed by atoms with van der Waals surface area (Å²) in [6.45, 7) is 7.74. The van der Waals surface area contributed by atoms with Gasteiger partial charge in [0.05, 0.1) is 6.61 Å². The molecule has 0 aromatic heterocycles. The lowest BCUT2D eigenvalue weighted by Gasteiger charge is -2.38. The SMILES string of the molecule is CCCN(CCC)C(O)(CO)CCC. The predicted molar refractivity (Wildman–Crippen MR) is 59.1 cm³/mol. The van der Waals surface area contributed by atoms with Gasteiger partial charge in [0.2, 0.25) is 0 Å². The normalized spacial score (nSPS) is 15.9. The first kappa shape index (κ1) is 13.9. The van der Waals surface area contributed by atoms with Crippen molar-refractivity contribution in [2.24, 2.45) is 0 Å². The molecule has 3 heteroatoms. The quantitative estimate of drug-likeness (QED) is 0.589. The molecular weight excluding hydrogens is 178 g/mol. The van der Waals surface area contributed by atoms with Crippen molar-refractivity contribution in [1.82, 2.24) is 4.90 Å². The van der Waals surface area contributed by atoms with Crippen molar-refractivity contribution in [2.45, 2.75) is 52.2 Å². The fourth-order valence-corrected chi connectivity index (χ4v) is 1.81. The van der Waals surface area contributed by atoms with Crippen LogP contribution in [0, 0.1) is 0 Å². The van der Waals surface area contributed by atoms with Gasteiger partial charge < -0.3 is 10.2 Å². The van der Waals surface area contributed by atoms with Crippen molar-refractivity contribution in [2.75, 3.05) is 19.7 Å². The fourth-order valence-electron chi connectivity index (χ4n) is 1.81. The number of nitrogens with zero attached hydrogens (tertiary/aromatic N) is 1. The first-order valence-corrected chi connectivity index (χ1v) is 5.72. The molecule has 0 aromatic carbocycles. The molecule has 14 heavy (non-hydrogen) atoms. The van der Waals surface area contributed by atoms with Gasteiger partial charge in [-0.3, -0.25) is 4.90 Å². The van der Waals surface area contributed by atoms with Crippen molar-refractivity contribution in [3.8, 4) is 0 Å². The Hall–Kier alpha value is -0.120. The Bertz CT molecular complexity index is 135. The highest BCUT2D eigenvalue weighted by Crippen LogP contribution is 2.18. The van der Waals surface area contributed by atoms with Gasteiger partial charge in [0.25, 0.3) is 0 Å². The second-order valence-corrected chi connectivity index (χ2v) is 3.88. The molecule has 1 unspecified atom stereocenters. The molecule has 0 radical (unpaired) electrons.